The van der Waals surface area contributed by atoms with Crippen LogP contribution in [0.1, 0.15) is 11.5 Å². The Balaban J connectivity index is 2.80. The van der Waals surface area contributed by atoms with Crippen LogP contribution in [0.25, 0.3) is 5.52 Å². The quantitative estimate of drug-likeness (QED) is 0.639. The third-order valence-electron chi connectivity index (χ3n) is 1.99. The van der Waals surface area contributed by atoms with E-state index in [0.717, 1.165) is 4.40 Å². The van der Waals surface area contributed by atoms with Crippen molar-refractivity contribution in [1.82, 2.24) is 9.38 Å². The number of alkyl halides is 3. The first-order valence-corrected chi connectivity index (χ1v) is 4.01. The van der Waals surface area contributed by atoms with Crippen molar-refractivity contribution in [3.63, 3.8) is 0 Å². The molecular formula is C9H7F3N2. The van der Waals surface area contributed by atoms with Gasteiger partial charge in [0.2, 0.25) is 5.82 Å². The molecule has 14 heavy (non-hydrogen) atoms. The van der Waals surface area contributed by atoms with Gasteiger partial charge in [0.15, 0.2) is 0 Å². The monoisotopic (exact) mass is 200 g/mol. The van der Waals surface area contributed by atoms with Crippen molar-refractivity contribution >= 4 is 5.52 Å². The maximum absolute atomic E-state index is 12.4. The molecule has 0 unspecified atom stereocenters. The molecule has 0 saturated carbocycles. The summed E-state index contributed by atoms with van der Waals surface area (Å²) in [5.74, 6) is -0.870. The molecule has 0 amide bonds. The van der Waals surface area contributed by atoms with E-state index < -0.39 is 12.0 Å². The molecule has 2 nitrogen and oxygen atoms in total. The molecule has 0 N–H and O–H groups in total. The molecule has 0 saturated heterocycles. The lowest BCUT2D eigenvalue weighted by molar-refractivity contribution is -0.145. The average molecular weight is 200 g/mol. The van der Waals surface area contributed by atoms with Gasteiger partial charge in [-0.2, -0.15) is 13.2 Å². The van der Waals surface area contributed by atoms with Gasteiger partial charge in [0.1, 0.15) is 0 Å². The molecule has 0 aromatic carbocycles. The number of nitrogens with zero attached hydrogens (tertiary/aromatic N) is 2. The van der Waals surface area contributed by atoms with Crippen LogP contribution in [0.4, 0.5) is 13.2 Å². The van der Waals surface area contributed by atoms with Crippen LogP contribution in [0.15, 0.2) is 24.4 Å². The van der Waals surface area contributed by atoms with E-state index in [-0.39, 0.29) is 0 Å². The molecule has 0 bridgehead atoms. The summed E-state index contributed by atoms with van der Waals surface area (Å²) in [6.07, 6.45) is -3.04. The molecule has 2 aromatic rings. The van der Waals surface area contributed by atoms with Crippen molar-refractivity contribution in [1.29, 1.82) is 0 Å². The SMILES string of the molecule is Cc1nc(C(F)(F)F)n2ccccc12. The number of aromatic nitrogens is 2. The van der Waals surface area contributed by atoms with E-state index >= 15 is 0 Å². The Kier molecular flexibility index (Phi) is 1.77. The first kappa shape index (κ1) is 9.05. The summed E-state index contributed by atoms with van der Waals surface area (Å²) < 4.78 is 38.4. The van der Waals surface area contributed by atoms with Crippen LogP contribution in [-0.4, -0.2) is 9.38 Å². The number of halogens is 3. The molecule has 2 aromatic heterocycles. The summed E-state index contributed by atoms with van der Waals surface area (Å²) in [6.45, 7) is 1.56. The van der Waals surface area contributed by atoms with E-state index in [0.29, 0.717) is 11.2 Å². The van der Waals surface area contributed by atoms with Crippen molar-refractivity contribution < 1.29 is 13.2 Å². The summed E-state index contributed by atoms with van der Waals surface area (Å²) in [4.78, 5) is 3.50. The minimum Gasteiger partial charge on any atom is -0.296 e. The minimum absolute atomic E-state index is 0.387. The van der Waals surface area contributed by atoms with Gasteiger partial charge in [-0.3, -0.25) is 4.40 Å². The van der Waals surface area contributed by atoms with Crippen LogP contribution in [0, 0.1) is 6.92 Å². The molecule has 0 aliphatic heterocycles. The third-order valence-corrected chi connectivity index (χ3v) is 1.99. The third kappa shape index (κ3) is 1.25. The topological polar surface area (TPSA) is 17.3 Å². The van der Waals surface area contributed by atoms with Crippen molar-refractivity contribution in [2.75, 3.05) is 0 Å². The summed E-state index contributed by atoms with van der Waals surface area (Å²) in [6, 6.07) is 4.84. The number of fused-ring (bicyclic) bond motifs is 1. The van der Waals surface area contributed by atoms with Gasteiger partial charge in [-0.25, -0.2) is 4.98 Å². The molecule has 2 rings (SSSR count). The van der Waals surface area contributed by atoms with Crippen LogP contribution in [-0.2, 0) is 6.18 Å². The second-order valence-corrected chi connectivity index (χ2v) is 2.97. The first-order valence-electron chi connectivity index (χ1n) is 4.01. The minimum atomic E-state index is -4.40. The standard InChI is InChI=1S/C9H7F3N2/c1-6-7-4-2-3-5-14(7)8(13-6)9(10,11)12/h2-5H,1H3. The summed E-state index contributed by atoms with van der Waals surface area (Å²) >= 11 is 0. The summed E-state index contributed by atoms with van der Waals surface area (Å²) in [5, 5.41) is 0. The van der Waals surface area contributed by atoms with Gasteiger partial charge in [-0.1, -0.05) is 6.07 Å². The number of rotatable bonds is 0. The Labute approximate surface area is 78.0 Å². The molecule has 5 heteroatoms. The predicted molar refractivity (Wildman–Crippen MR) is 44.9 cm³/mol. The van der Waals surface area contributed by atoms with E-state index in [2.05, 4.69) is 4.98 Å². The van der Waals surface area contributed by atoms with Gasteiger partial charge in [0.25, 0.3) is 0 Å². The molecule has 0 radical (unpaired) electrons. The largest absolute Gasteiger partial charge is 0.450 e. The van der Waals surface area contributed by atoms with E-state index in [1.165, 1.54) is 6.20 Å². The maximum atomic E-state index is 12.4. The fraction of sp³-hybridized carbons (Fsp3) is 0.222. The van der Waals surface area contributed by atoms with E-state index in [4.69, 9.17) is 0 Å². The van der Waals surface area contributed by atoms with E-state index in [9.17, 15) is 13.2 Å². The molecule has 0 spiro atoms. The summed E-state index contributed by atoms with van der Waals surface area (Å²) in [5.41, 5.74) is 0.873. The zero-order chi connectivity index (χ0) is 10.3. The number of hydrogen-bond donors (Lipinski definition) is 0. The molecule has 2 heterocycles. The Hall–Kier alpha value is -1.52. The van der Waals surface area contributed by atoms with Gasteiger partial charge in [-0.05, 0) is 19.1 Å². The highest BCUT2D eigenvalue weighted by Gasteiger charge is 2.36. The highest BCUT2D eigenvalue weighted by Crippen LogP contribution is 2.29. The highest BCUT2D eigenvalue weighted by atomic mass is 19.4. The number of imidazole rings is 1. The van der Waals surface area contributed by atoms with Crippen molar-refractivity contribution in [2.45, 2.75) is 13.1 Å². The molecule has 74 valence electrons. The lowest BCUT2D eigenvalue weighted by Crippen LogP contribution is -2.10. The molecular weight excluding hydrogens is 193 g/mol. The Morgan fingerprint density at radius 2 is 2.00 bits per heavy atom. The number of hydrogen-bond acceptors (Lipinski definition) is 1. The van der Waals surface area contributed by atoms with E-state index in [1.54, 1.807) is 25.1 Å². The van der Waals surface area contributed by atoms with Crippen LogP contribution in [0.2, 0.25) is 0 Å². The predicted octanol–water partition coefficient (Wildman–Crippen LogP) is 2.66. The second-order valence-electron chi connectivity index (χ2n) is 2.97. The van der Waals surface area contributed by atoms with Crippen LogP contribution >= 0.6 is 0 Å². The molecule has 0 aliphatic rings. The van der Waals surface area contributed by atoms with Gasteiger partial charge < -0.3 is 0 Å². The second kappa shape index (κ2) is 2.73. The fourth-order valence-corrected chi connectivity index (χ4v) is 1.39. The number of aryl methyl sites for hydroxylation is 1. The van der Waals surface area contributed by atoms with E-state index in [1.807, 2.05) is 0 Å². The molecule has 0 fully saturated rings. The van der Waals surface area contributed by atoms with Crippen molar-refractivity contribution in [2.24, 2.45) is 0 Å². The lowest BCUT2D eigenvalue weighted by atomic mass is 10.3. The lowest BCUT2D eigenvalue weighted by Gasteiger charge is -2.03. The zero-order valence-electron chi connectivity index (χ0n) is 7.34. The number of pyridine rings is 1. The Bertz CT molecular complexity index is 470. The Morgan fingerprint density at radius 3 is 2.64 bits per heavy atom. The van der Waals surface area contributed by atoms with Crippen LogP contribution < -0.4 is 0 Å². The van der Waals surface area contributed by atoms with Crippen LogP contribution in [0.3, 0.4) is 0 Å². The molecule has 0 aliphatic carbocycles. The fourth-order valence-electron chi connectivity index (χ4n) is 1.39. The maximum Gasteiger partial charge on any atom is 0.450 e. The average Bonchev–Trinajstić information content (AvgIpc) is 2.44. The smallest absolute Gasteiger partial charge is 0.296 e. The van der Waals surface area contributed by atoms with Crippen LogP contribution in [0.5, 0.6) is 0 Å². The van der Waals surface area contributed by atoms with Gasteiger partial charge >= 0.3 is 6.18 Å². The van der Waals surface area contributed by atoms with Crippen molar-refractivity contribution in [3.8, 4) is 0 Å². The highest BCUT2D eigenvalue weighted by molar-refractivity contribution is 5.52. The Morgan fingerprint density at radius 1 is 1.29 bits per heavy atom. The van der Waals surface area contributed by atoms with Crippen molar-refractivity contribution in [3.05, 3.63) is 35.9 Å². The van der Waals surface area contributed by atoms with Gasteiger partial charge in [0.05, 0.1) is 11.2 Å². The molecule has 0 atom stereocenters. The summed E-state index contributed by atoms with van der Waals surface area (Å²) in [7, 11) is 0. The van der Waals surface area contributed by atoms with Gasteiger partial charge in [-0.15, -0.1) is 0 Å². The zero-order valence-corrected chi connectivity index (χ0v) is 7.34. The van der Waals surface area contributed by atoms with Gasteiger partial charge in [0, 0.05) is 6.20 Å². The first-order chi connectivity index (χ1) is 6.50. The normalized spacial score (nSPS) is 12.3.